The van der Waals surface area contributed by atoms with Crippen LogP contribution in [-0.4, -0.2) is 39.7 Å². The van der Waals surface area contributed by atoms with Crippen molar-refractivity contribution in [3.8, 4) is 5.69 Å². The fourth-order valence-electron chi connectivity index (χ4n) is 2.63. The SMILES string of the molecule is Cc1c(C(=O)N2CCC(N)C2)cnn1-c1cccc(Cl)c1. The molecule has 2 aromatic rings. The third kappa shape index (κ3) is 2.66. The van der Waals surface area contributed by atoms with E-state index in [2.05, 4.69) is 5.10 Å². The Balaban J connectivity index is 1.91. The van der Waals surface area contributed by atoms with Crippen molar-refractivity contribution in [1.82, 2.24) is 14.7 Å². The first-order chi connectivity index (χ1) is 10.1. The molecule has 1 amide bonds. The van der Waals surface area contributed by atoms with Gasteiger partial charge >= 0.3 is 0 Å². The second-order valence-corrected chi connectivity index (χ2v) is 5.77. The van der Waals surface area contributed by atoms with E-state index in [1.54, 1.807) is 15.8 Å². The third-order valence-electron chi connectivity index (χ3n) is 3.80. The number of likely N-dealkylation sites (tertiary alicyclic amines) is 1. The Morgan fingerprint density at radius 3 is 2.95 bits per heavy atom. The van der Waals surface area contributed by atoms with Gasteiger partial charge in [0.2, 0.25) is 0 Å². The van der Waals surface area contributed by atoms with E-state index in [1.807, 2.05) is 31.2 Å². The Morgan fingerprint density at radius 1 is 1.48 bits per heavy atom. The largest absolute Gasteiger partial charge is 0.337 e. The Kier molecular flexibility index (Phi) is 3.69. The smallest absolute Gasteiger partial charge is 0.257 e. The van der Waals surface area contributed by atoms with Crippen molar-refractivity contribution in [1.29, 1.82) is 0 Å². The number of aromatic nitrogens is 2. The summed E-state index contributed by atoms with van der Waals surface area (Å²) in [5.74, 6) is -0.00581. The fourth-order valence-corrected chi connectivity index (χ4v) is 2.81. The number of halogens is 1. The van der Waals surface area contributed by atoms with Crippen LogP contribution < -0.4 is 5.73 Å². The van der Waals surface area contributed by atoms with Crippen molar-refractivity contribution in [3.05, 3.63) is 46.7 Å². The summed E-state index contributed by atoms with van der Waals surface area (Å²) in [5.41, 5.74) is 8.13. The Hall–Kier alpha value is -1.85. The summed E-state index contributed by atoms with van der Waals surface area (Å²) in [6.45, 7) is 3.21. The number of hydrogen-bond acceptors (Lipinski definition) is 3. The molecule has 110 valence electrons. The lowest BCUT2D eigenvalue weighted by atomic mass is 10.2. The molecule has 21 heavy (non-hydrogen) atoms. The molecule has 1 aromatic heterocycles. The van der Waals surface area contributed by atoms with Gasteiger partial charge in [-0.15, -0.1) is 0 Å². The van der Waals surface area contributed by atoms with Crippen LogP contribution in [0.5, 0.6) is 0 Å². The van der Waals surface area contributed by atoms with Crippen LogP contribution in [0.2, 0.25) is 5.02 Å². The summed E-state index contributed by atoms with van der Waals surface area (Å²) in [4.78, 5) is 14.3. The van der Waals surface area contributed by atoms with Crippen molar-refractivity contribution in [2.45, 2.75) is 19.4 Å². The molecule has 3 rings (SSSR count). The van der Waals surface area contributed by atoms with E-state index < -0.39 is 0 Å². The molecule has 1 aromatic carbocycles. The normalized spacial score (nSPS) is 18.2. The molecule has 1 fully saturated rings. The van der Waals surface area contributed by atoms with Crippen LogP contribution in [0.4, 0.5) is 0 Å². The predicted octanol–water partition coefficient (Wildman–Crippen LogP) is 2.01. The first-order valence-corrected chi connectivity index (χ1v) is 7.29. The predicted molar refractivity (Wildman–Crippen MR) is 81.8 cm³/mol. The molecule has 0 aliphatic carbocycles. The summed E-state index contributed by atoms with van der Waals surface area (Å²) in [7, 11) is 0. The Morgan fingerprint density at radius 2 is 2.29 bits per heavy atom. The van der Waals surface area contributed by atoms with Crippen LogP contribution in [0.15, 0.2) is 30.5 Å². The minimum absolute atomic E-state index is 0.00581. The van der Waals surface area contributed by atoms with Gasteiger partial charge in [-0.05, 0) is 31.5 Å². The molecule has 6 heteroatoms. The molecule has 0 saturated carbocycles. The fraction of sp³-hybridized carbons (Fsp3) is 0.333. The lowest BCUT2D eigenvalue weighted by Gasteiger charge is -2.15. The summed E-state index contributed by atoms with van der Waals surface area (Å²) >= 11 is 6.01. The maximum Gasteiger partial charge on any atom is 0.257 e. The van der Waals surface area contributed by atoms with Crippen LogP contribution in [-0.2, 0) is 0 Å². The number of hydrogen-bond donors (Lipinski definition) is 1. The highest BCUT2D eigenvalue weighted by Gasteiger charge is 2.27. The monoisotopic (exact) mass is 304 g/mol. The van der Waals surface area contributed by atoms with Gasteiger partial charge in [-0.1, -0.05) is 17.7 Å². The van der Waals surface area contributed by atoms with Gasteiger partial charge in [0.1, 0.15) is 0 Å². The first-order valence-electron chi connectivity index (χ1n) is 6.91. The van der Waals surface area contributed by atoms with Crippen molar-refractivity contribution in [2.24, 2.45) is 5.73 Å². The molecular weight excluding hydrogens is 288 g/mol. The quantitative estimate of drug-likeness (QED) is 0.923. The summed E-state index contributed by atoms with van der Waals surface area (Å²) in [6, 6.07) is 7.48. The summed E-state index contributed by atoms with van der Waals surface area (Å²) in [6.07, 6.45) is 2.47. The number of benzene rings is 1. The number of rotatable bonds is 2. The second kappa shape index (κ2) is 5.50. The second-order valence-electron chi connectivity index (χ2n) is 5.34. The molecular formula is C15H17ClN4O. The van der Waals surface area contributed by atoms with Crippen LogP contribution in [0.3, 0.4) is 0 Å². The van der Waals surface area contributed by atoms with Gasteiger partial charge in [0.05, 0.1) is 23.1 Å². The highest BCUT2D eigenvalue weighted by atomic mass is 35.5. The summed E-state index contributed by atoms with van der Waals surface area (Å²) < 4.78 is 1.73. The van der Waals surface area contributed by atoms with Crippen LogP contribution in [0.25, 0.3) is 5.69 Å². The zero-order valence-electron chi connectivity index (χ0n) is 11.8. The van der Waals surface area contributed by atoms with Crippen LogP contribution in [0.1, 0.15) is 22.5 Å². The highest BCUT2D eigenvalue weighted by molar-refractivity contribution is 6.30. The van der Waals surface area contributed by atoms with Crippen molar-refractivity contribution in [3.63, 3.8) is 0 Å². The molecule has 1 aliphatic heterocycles. The van der Waals surface area contributed by atoms with Crippen molar-refractivity contribution < 1.29 is 4.79 Å². The average molecular weight is 305 g/mol. The number of amides is 1. The summed E-state index contributed by atoms with van der Waals surface area (Å²) in [5, 5.41) is 4.96. The number of carbonyl (C=O) groups excluding carboxylic acids is 1. The maximum absolute atomic E-state index is 12.5. The maximum atomic E-state index is 12.5. The molecule has 1 atom stereocenters. The zero-order chi connectivity index (χ0) is 15.0. The van der Waals surface area contributed by atoms with Gasteiger partial charge in [-0.3, -0.25) is 4.79 Å². The highest BCUT2D eigenvalue weighted by Crippen LogP contribution is 2.20. The molecule has 5 nitrogen and oxygen atoms in total. The van der Waals surface area contributed by atoms with Gasteiger partial charge in [0.15, 0.2) is 0 Å². The Labute approximate surface area is 128 Å². The molecule has 1 unspecified atom stereocenters. The minimum atomic E-state index is -0.00581. The van der Waals surface area contributed by atoms with Gasteiger partial charge in [-0.2, -0.15) is 5.10 Å². The molecule has 1 aliphatic rings. The van der Waals surface area contributed by atoms with Crippen molar-refractivity contribution in [2.75, 3.05) is 13.1 Å². The van der Waals surface area contributed by atoms with E-state index in [0.717, 1.165) is 17.8 Å². The first kappa shape index (κ1) is 14.1. The topological polar surface area (TPSA) is 64.2 Å². The molecule has 0 spiro atoms. The average Bonchev–Trinajstić information content (AvgIpc) is 3.04. The Bertz CT molecular complexity index is 682. The van der Waals surface area contributed by atoms with E-state index >= 15 is 0 Å². The van der Waals surface area contributed by atoms with Gasteiger partial charge in [0.25, 0.3) is 5.91 Å². The van der Waals surface area contributed by atoms with E-state index in [1.165, 1.54) is 0 Å². The lowest BCUT2D eigenvalue weighted by molar-refractivity contribution is 0.0790. The third-order valence-corrected chi connectivity index (χ3v) is 4.04. The molecule has 0 radical (unpaired) electrons. The molecule has 2 N–H and O–H groups in total. The lowest BCUT2D eigenvalue weighted by Crippen LogP contribution is -2.32. The number of carbonyl (C=O) groups is 1. The van der Waals surface area contributed by atoms with Gasteiger partial charge < -0.3 is 10.6 Å². The standard InChI is InChI=1S/C15H17ClN4O/c1-10-14(15(21)19-6-5-12(17)9-19)8-18-20(10)13-4-2-3-11(16)7-13/h2-4,7-8,12H,5-6,9,17H2,1H3. The van der Waals surface area contributed by atoms with E-state index in [4.69, 9.17) is 17.3 Å². The van der Waals surface area contributed by atoms with Crippen LogP contribution in [0, 0.1) is 6.92 Å². The van der Waals surface area contributed by atoms with E-state index in [9.17, 15) is 4.79 Å². The zero-order valence-corrected chi connectivity index (χ0v) is 12.5. The molecule has 0 bridgehead atoms. The molecule has 2 heterocycles. The van der Waals surface area contributed by atoms with Gasteiger partial charge in [0, 0.05) is 24.2 Å². The number of nitrogens with two attached hydrogens (primary N) is 1. The van der Waals surface area contributed by atoms with Crippen LogP contribution >= 0.6 is 11.6 Å². The molecule has 1 saturated heterocycles. The van der Waals surface area contributed by atoms with Crippen molar-refractivity contribution >= 4 is 17.5 Å². The minimum Gasteiger partial charge on any atom is -0.337 e. The number of nitrogens with zero attached hydrogens (tertiary/aromatic N) is 3. The van der Waals surface area contributed by atoms with Gasteiger partial charge in [-0.25, -0.2) is 4.68 Å². The van der Waals surface area contributed by atoms with E-state index in [-0.39, 0.29) is 11.9 Å². The van der Waals surface area contributed by atoms with E-state index in [0.29, 0.717) is 23.7 Å².